The number of rotatable bonds is 0. The lowest BCUT2D eigenvalue weighted by atomic mass is 9.45. The van der Waals surface area contributed by atoms with Gasteiger partial charge in [-0.3, -0.25) is 0 Å². The van der Waals surface area contributed by atoms with Crippen molar-refractivity contribution in [2.45, 2.75) is 83.5 Å². The second-order valence-electron chi connectivity index (χ2n) is 9.38. The molecule has 0 aromatic rings. The van der Waals surface area contributed by atoms with E-state index in [4.69, 9.17) is 0 Å². The molecule has 0 amide bonds. The van der Waals surface area contributed by atoms with Gasteiger partial charge < -0.3 is 15.3 Å². The summed E-state index contributed by atoms with van der Waals surface area (Å²) >= 11 is 0. The molecule has 4 saturated carbocycles. The Bertz CT molecular complexity index is 452. The molecule has 0 unspecified atom stereocenters. The molecule has 4 rings (SSSR count). The molecule has 4 aliphatic carbocycles. The molecule has 0 heterocycles. The molecule has 9 atom stereocenters. The summed E-state index contributed by atoms with van der Waals surface area (Å²) in [4.78, 5) is 0. The molecule has 126 valence electrons. The molecule has 0 saturated heterocycles. The molecular formula is C19H32O3. The van der Waals surface area contributed by atoms with E-state index in [2.05, 4.69) is 13.8 Å². The van der Waals surface area contributed by atoms with Gasteiger partial charge in [-0.1, -0.05) is 13.8 Å². The van der Waals surface area contributed by atoms with Crippen molar-refractivity contribution >= 4 is 0 Å². The summed E-state index contributed by atoms with van der Waals surface area (Å²) < 4.78 is 0. The van der Waals surface area contributed by atoms with Crippen LogP contribution in [0.1, 0.15) is 65.2 Å². The van der Waals surface area contributed by atoms with E-state index < -0.39 is 12.2 Å². The van der Waals surface area contributed by atoms with Gasteiger partial charge in [-0.15, -0.1) is 0 Å². The molecular weight excluding hydrogens is 276 g/mol. The van der Waals surface area contributed by atoms with E-state index in [0.717, 1.165) is 38.0 Å². The number of aliphatic hydroxyl groups is 3. The summed E-state index contributed by atoms with van der Waals surface area (Å²) in [7, 11) is 0. The van der Waals surface area contributed by atoms with Crippen LogP contribution in [-0.2, 0) is 0 Å². The zero-order valence-electron chi connectivity index (χ0n) is 14.0. The Kier molecular flexibility index (Phi) is 3.46. The maximum Gasteiger partial charge on any atom is 0.0855 e. The average Bonchev–Trinajstić information content (AvgIpc) is 2.72. The van der Waals surface area contributed by atoms with Gasteiger partial charge in [0.05, 0.1) is 18.3 Å². The van der Waals surface area contributed by atoms with Crippen LogP contribution >= 0.6 is 0 Å². The van der Waals surface area contributed by atoms with Crippen LogP contribution in [0.15, 0.2) is 0 Å². The fourth-order valence-electron chi connectivity index (χ4n) is 7.22. The summed E-state index contributed by atoms with van der Waals surface area (Å²) in [5.74, 6) is 2.57. The zero-order valence-corrected chi connectivity index (χ0v) is 14.0. The summed E-state index contributed by atoms with van der Waals surface area (Å²) in [6.45, 7) is 4.69. The lowest BCUT2D eigenvalue weighted by Gasteiger charge is -2.60. The van der Waals surface area contributed by atoms with Crippen LogP contribution in [-0.4, -0.2) is 33.6 Å². The number of aliphatic hydroxyl groups excluding tert-OH is 3. The van der Waals surface area contributed by atoms with E-state index in [1.54, 1.807) is 0 Å². The number of hydrogen-bond donors (Lipinski definition) is 3. The molecule has 0 aromatic heterocycles. The first-order valence-electron chi connectivity index (χ1n) is 9.40. The van der Waals surface area contributed by atoms with Crippen LogP contribution in [0.2, 0.25) is 0 Å². The van der Waals surface area contributed by atoms with E-state index in [9.17, 15) is 15.3 Å². The normalized spacial score (nSPS) is 61.2. The molecule has 4 fully saturated rings. The fraction of sp³-hybridized carbons (Fsp3) is 1.00. The van der Waals surface area contributed by atoms with Gasteiger partial charge in [0.1, 0.15) is 0 Å². The Labute approximate surface area is 134 Å². The Morgan fingerprint density at radius 1 is 0.773 bits per heavy atom. The van der Waals surface area contributed by atoms with Crippen molar-refractivity contribution in [2.24, 2.45) is 34.5 Å². The molecule has 3 nitrogen and oxygen atoms in total. The lowest BCUT2D eigenvalue weighted by molar-refractivity contribution is -0.135. The third-order valence-corrected chi connectivity index (χ3v) is 8.61. The SMILES string of the molecule is C[C@]12CC[C@H](O)C[C@@H]1CC[C@@H]1[C@@H]2CC[C@]2(C)[C@@H](O)[C@@H](O)C[C@@H]12. The van der Waals surface area contributed by atoms with Gasteiger partial charge in [0.2, 0.25) is 0 Å². The minimum Gasteiger partial charge on any atom is -0.393 e. The molecule has 3 N–H and O–H groups in total. The minimum absolute atomic E-state index is 0.0715. The van der Waals surface area contributed by atoms with Crippen LogP contribution in [0.3, 0.4) is 0 Å². The quantitative estimate of drug-likeness (QED) is 0.645. The van der Waals surface area contributed by atoms with Crippen molar-refractivity contribution < 1.29 is 15.3 Å². The third kappa shape index (κ3) is 1.91. The van der Waals surface area contributed by atoms with Crippen LogP contribution in [0.25, 0.3) is 0 Å². The average molecular weight is 308 g/mol. The van der Waals surface area contributed by atoms with Crippen molar-refractivity contribution in [1.29, 1.82) is 0 Å². The van der Waals surface area contributed by atoms with Gasteiger partial charge in [-0.2, -0.15) is 0 Å². The second kappa shape index (κ2) is 4.94. The summed E-state index contributed by atoms with van der Waals surface area (Å²) in [6, 6.07) is 0. The Hall–Kier alpha value is -0.120. The Morgan fingerprint density at radius 3 is 2.27 bits per heavy atom. The standard InChI is InChI=1S/C19H32O3/c1-18-7-5-12(20)9-11(18)3-4-13-14(18)6-8-19(2)15(13)10-16(21)17(19)22/h11-17,20-22H,3-10H2,1-2H3/t11-,12-,13+,14-,15-,16-,17-,18-,19-/m0/s1. The molecule has 3 heteroatoms. The van der Waals surface area contributed by atoms with Gasteiger partial charge in [0.15, 0.2) is 0 Å². The minimum atomic E-state index is -0.530. The summed E-state index contributed by atoms with van der Waals surface area (Å²) in [5, 5.41) is 30.8. The Balaban J connectivity index is 1.63. The monoisotopic (exact) mass is 308 g/mol. The number of fused-ring (bicyclic) bond motifs is 5. The van der Waals surface area contributed by atoms with E-state index >= 15 is 0 Å². The first-order valence-corrected chi connectivity index (χ1v) is 9.40. The van der Waals surface area contributed by atoms with Gasteiger partial charge >= 0.3 is 0 Å². The predicted octanol–water partition coefficient (Wildman–Crippen LogP) is 2.72. The molecule has 4 aliphatic rings. The van der Waals surface area contributed by atoms with E-state index in [-0.39, 0.29) is 11.5 Å². The highest BCUT2D eigenvalue weighted by Crippen LogP contribution is 2.66. The molecule has 22 heavy (non-hydrogen) atoms. The van der Waals surface area contributed by atoms with E-state index in [1.165, 1.54) is 19.3 Å². The predicted molar refractivity (Wildman–Crippen MR) is 85.1 cm³/mol. The molecule has 0 radical (unpaired) electrons. The third-order valence-electron chi connectivity index (χ3n) is 8.61. The maximum atomic E-state index is 10.5. The molecule has 0 spiro atoms. The van der Waals surface area contributed by atoms with E-state index in [0.29, 0.717) is 23.2 Å². The van der Waals surface area contributed by atoms with Crippen molar-refractivity contribution in [3.05, 3.63) is 0 Å². The van der Waals surface area contributed by atoms with Crippen LogP contribution < -0.4 is 0 Å². The summed E-state index contributed by atoms with van der Waals surface area (Å²) in [6.07, 6.45) is 7.49. The van der Waals surface area contributed by atoms with E-state index in [1.807, 2.05) is 0 Å². The fourth-order valence-corrected chi connectivity index (χ4v) is 7.22. The smallest absolute Gasteiger partial charge is 0.0855 e. The topological polar surface area (TPSA) is 60.7 Å². The highest BCUT2D eigenvalue weighted by atomic mass is 16.3. The van der Waals surface area contributed by atoms with Crippen molar-refractivity contribution in [3.63, 3.8) is 0 Å². The van der Waals surface area contributed by atoms with Gasteiger partial charge in [0, 0.05) is 0 Å². The van der Waals surface area contributed by atoms with Gasteiger partial charge in [-0.25, -0.2) is 0 Å². The van der Waals surface area contributed by atoms with Crippen molar-refractivity contribution in [3.8, 4) is 0 Å². The summed E-state index contributed by atoms with van der Waals surface area (Å²) in [5.41, 5.74) is 0.305. The van der Waals surface area contributed by atoms with Crippen molar-refractivity contribution in [2.75, 3.05) is 0 Å². The maximum absolute atomic E-state index is 10.5. The first kappa shape index (κ1) is 15.4. The highest BCUT2D eigenvalue weighted by molar-refractivity contribution is 5.11. The second-order valence-corrected chi connectivity index (χ2v) is 9.38. The zero-order chi connectivity index (χ0) is 15.7. The molecule has 0 aromatic carbocycles. The van der Waals surface area contributed by atoms with Crippen LogP contribution in [0, 0.1) is 34.5 Å². The van der Waals surface area contributed by atoms with Crippen LogP contribution in [0.5, 0.6) is 0 Å². The van der Waals surface area contributed by atoms with Crippen LogP contribution in [0.4, 0.5) is 0 Å². The highest BCUT2D eigenvalue weighted by Gasteiger charge is 2.61. The lowest BCUT2D eigenvalue weighted by Crippen LogP contribution is -2.54. The first-order chi connectivity index (χ1) is 10.4. The van der Waals surface area contributed by atoms with Gasteiger partial charge in [-0.05, 0) is 85.9 Å². The van der Waals surface area contributed by atoms with Gasteiger partial charge in [0.25, 0.3) is 0 Å². The molecule has 0 aliphatic heterocycles. The Morgan fingerprint density at radius 2 is 1.50 bits per heavy atom. The number of hydrogen-bond acceptors (Lipinski definition) is 3. The largest absolute Gasteiger partial charge is 0.393 e. The molecule has 0 bridgehead atoms. The van der Waals surface area contributed by atoms with Crippen molar-refractivity contribution in [1.82, 2.24) is 0 Å².